The summed E-state index contributed by atoms with van der Waals surface area (Å²) in [6, 6.07) is 15.1. The number of amides is 2. The first-order valence-electron chi connectivity index (χ1n) is 8.94. The van der Waals surface area contributed by atoms with Gasteiger partial charge in [0.2, 0.25) is 5.91 Å². The van der Waals surface area contributed by atoms with E-state index in [0.717, 1.165) is 22.9 Å². The molecular formula is C21H24N4O2. The van der Waals surface area contributed by atoms with E-state index in [1.165, 1.54) is 0 Å². The minimum atomic E-state index is -0.225. The smallest absolute Gasteiger partial charge is 0.272 e. The van der Waals surface area contributed by atoms with Crippen LogP contribution < -0.4 is 10.6 Å². The summed E-state index contributed by atoms with van der Waals surface area (Å²) in [7, 11) is 3.66. The van der Waals surface area contributed by atoms with Crippen molar-refractivity contribution in [1.82, 2.24) is 9.88 Å². The maximum atomic E-state index is 12.9. The van der Waals surface area contributed by atoms with Gasteiger partial charge in [-0.05, 0) is 44.3 Å². The van der Waals surface area contributed by atoms with E-state index in [1.54, 1.807) is 17.0 Å². The van der Waals surface area contributed by atoms with Crippen LogP contribution in [0.5, 0.6) is 0 Å². The molecule has 0 unspecified atom stereocenters. The Morgan fingerprint density at radius 3 is 2.26 bits per heavy atom. The molecule has 3 N–H and O–H groups in total. The second-order valence-corrected chi connectivity index (χ2v) is 6.66. The van der Waals surface area contributed by atoms with Crippen LogP contribution in [0.2, 0.25) is 0 Å². The first kappa shape index (κ1) is 18.7. The van der Waals surface area contributed by atoms with Gasteiger partial charge in [0.05, 0.1) is 17.9 Å². The third-order valence-electron chi connectivity index (χ3n) is 4.30. The van der Waals surface area contributed by atoms with Gasteiger partial charge in [-0.3, -0.25) is 9.59 Å². The number of aromatic amines is 1. The first-order chi connectivity index (χ1) is 13.0. The highest BCUT2D eigenvalue weighted by molar-refractivity contribution is 6.10. The maximum absolute atomic E-state index is 12.9. The molecular weight excluding hydrogens is 340 g/mol. The van der Waals surface area contributed by atoms with E-state index < -0.39 is 0 Å². The molecule has 1 heterocycles. The summed E-state index contributed by atoms with van der Waals surface area (Å²) < 4.78 is 0. The third-order valence-corrected chi connectivity index (χ3v) is 4.30. The van der Waals surface area contributed by atoms with Crippen molar-refractivity contribution in [2.24, 2.45) is 0 Å². The van der Waals surface area contributed by atoms with Gasteiger partial charge in [-0.15, -0.1) is 0 Å². The highest BCUT2D eigenvalue weighted by Crippen LogP contribution is 2.26. The number of nitrogens with one attached hydrogen (secondary N) is 3. The lowest BCUT2D eigenvalue weighted by atomic mass is 10.1. The quantitative estimate of drug-likeness (QED) is 0.627. The van der Waals surface area contributed by atoms with Crippen molar-refractivity contribution in [2.75, 3.05) is 31.3 Å². The van der Waals surface area contributed by atoms with E-state index in [-0.39, 0.29) is 18.4 Å². The average Bonchev–Trinajstić information content (AvgIpc) is 3.01. The van der Waals surface area contributed by atoms with Crippen LogP contribution >= 0.6 is 0 Å². The Bertz CT molecular complexity index is 975. The standard InChI is InChI=1S/C21H24N4O2/c1-4-14-15-9-5-6-10-16(15)23-20(14)21(27)24-18-12-8-7-11-17(18)22-19(26)13-25(2)3/h5-12,23H,4,13H2,1-3H3,(H,22,26)(H,24,27). The van der Waals surface area contributed by atoms with Crippen LogP contribution in [0, 0.1) is 0 Å². The Hall–Kier alpha value is -3.12. The zero-order chi connectivity index (χ0) is 19.4. The number of likely N-dealkylation sites (N-methyl/N-ethyl adjacent to an activating group) is 1. The van der Waals surface area contributed by atoms with Gasteiger partial charge >= 0.3 is 0 Å². The van der Waals surface area contributed by atoms with Crippen LogP contribution in [-0.4, -0.2) is 42.3 Å². The fourth-order valence-electron chi connectivity index (χ4n) is 3.12. The van der Waals surface area contributed by atoms with Gasteiger partial charge < -0.3 is 20.5 Å². The summed E-state index contributed by atoms with van der Waals surface area (Å²) in [5, 5.41) is 6.82. The summed E-state index contributed by atoms with van der Waals surface area (Å²) in [6.45, 7) is 2.30. The number of hydrogen-bond donors (Lipinski definition) is 3. The summed E-state index contributed by atoms with van der Waals surface area (Å²) in [5.74, 6) is -0.362. The SMILES string of the molecule is CCc1c(C(=O)Nc2ccccc2NC(=O)CN(C)C)[nH]c2ccccc12. The Morgan fingerprint density at radius 1 is 0.963 bits per heavy atom. The topological polar surface area (TPSA) is 77.2 Å². The normalized spacial score (nSPS) is 11.0. The summed E-state index contributed by atoms with van der Waals surface area (Å²) in [6.07, 6.45) is 0.744. The minimum absolute atomic E-state index is 0.137. The molecule has 0 bridgehead atoms. The number of rotatable bonds is 6. The summed E-state index contributed by atoms with van der Waals surface area (Å²) in [4.78, 5) is 30.0. The number of fused-ring (bicyclic) bond motifs is 1. The number of H-pyrrole nitrogens is 1. The highest BCUT2D eigenvalue weighted by atomic mass is 16.2. The minimum Gasteiger partial charge on any atom is -0.350 e. The van der Waals surface area contributed by atoms with Crippen molar-refractivity contribution in [3.8, 4) is 0 Å². The molecule has 0 aliphatic heterocycles. The van der Waals surface area contributed by atoms with Gasteiger partial charge in [-0.2, -0.15) is 0 Å². The van der Waals surface area contributed by atoms with E-state index in [1.807, 2.05) is 57.4 Å². The Kier molecular flexibility index (Phi) is 5.57. The van der Waals surface area contributed by atoms with Crippen molar-refractivity contribution in [2.45, 2.75) is 13.3 Å². The lowest BCUT2D eigenvalue weighted by Crippen LogP contribution is -2.27. The maximum Gasteiger partial charge on any atom is 0.272 e. The number of para-hydroxylation sites is 3. The van der Waals surface area contributed by atoms with Crippen LogP contribution in [0.15, 0.2) is 48.5 Å². The molecule has 2 amide bonds. The molecule has 0 aliphatic rings. The van der Waals surface area contributed by atoms with Crippen molar-refractivity contribution in [3.05, 3.63) is 59.8 Å². The number of nitrogens with zero attached hydrogens (tertiary/aromatic N) is 1. The predicted molar refractivity (Wildman–Crippen MR) is 109 cm³/mol. The molecule has 6 nitrogen and oxygen atoms in total. The lowest BCUT2D eigenvalue weighted by Gasteiger charge is -2.14. The first-order valence-corrected chi connectivity index (χ1v) is 8.94. The van der Waals surface area contributed by atoms with Gasteiger partial charge in [0.1, 0.15) is 5.69 Å². The Labute approximate surface area is 158 Å². The largest absolute Gasteiger partial charge is 0.350 e. The molecule has 1 aromatic heterocycles. The zero-order valence-corrected chi connectivity index (χ0v) is 15.8. The summed E-state index contributed by atoms with van der Waals surface area (Å²) >= 11 is 0. The van der Waals surface area contributed by atoms with Crippen LogP contribution in [0.1, 0.15) is 23.0 Å². The van der Waals surface area contributed by atoms with Crippen molar-refractivity contribution >= 4 is 34.1 Å². The number of carbonyl (C=O) groups is 2. The second kappa shape index (κ2) is 8.05. The van der Waals surface area contributed by atoms with Crippen LogP contribution in [0.25, 0.3) is 10.9 Å². The van der Waals surface area contributed by atoms with Crippen LogP contribution in [0.4, 0.5) is 11.4 Å². The number of anilines is 2. The number of aromatic nitrogens is 1. The van der Waals surface area contributed by atoms with Gasteiger partial charge in [0.15, 0.2) is 0 Å². The molecule has 6 heteroatoms. The van der Waals surface area contributed by atoms with E-state index >= 15 is 0 Å². The van der Waals surface area contributed by atoms with Gasteiger partial charge in [-0.1, -0.05) is 37.3 Å². The molecule has 0 spiro atoms. The van der Waals surface area contributed by atoms with Crippen LogP contribution in [0.3, 0.4) is 0 Å². The fourth-order valence-corrected chi connectivity index (χ4v) is 3.12. The van der Waals surface area contributed by atoms with E-state index in [0.29, 0.717) is 17.1 Å². The van der Waals surface area contributed by atoms with Gasteiger partial charge in [0, 0.05) is 10.9 Å². The zero-order valence-electron chi connectivity index (χ0n) is 15.8. The number of carbonyl (C=O) groups excluding carboxylic acids is 2. The molecule has 0 atom stereocenters. The van der Waals surface area contributed by atoms with Gasteiger partial charge in [-0.25, -0.2) is 0 Å². The van der Waals surface area contributed by atoms with E-state index in [4.69, 9.17) is 0 Å². The van der Waals surface area contributed by atoms with Gasteiger partial charge in [0.25, 0.3) is 5.91 Å². The fraction of sp³-hybridized carbons (Fsp3) is 0.238. The molecule has 27 heavy (non-hydrogen) atoms. The molecule has 3 aromatic rings. The monoisotopic (exact) mass is 364 g/mol. The average molecular weight is 364 g/mol. The molecule has 3 rings (SSSR count). The van der Waals surface area contributed by atoms with Crippen molar-refractivity contribution < 1.29 is 9.59 Å². The Morgan fingerprint density at radius 2 is 1.59 bits per heavy atom. The van der Waals surface area contributed by atoms with Crippen molar-refractivity contribution in [1.29, 1.82) is 0 Å². The molecule has 140 valence electrons. The molecule has 0 radical (unpaired) electrons. The van der Waals surface area contributed by atoms with E-state index in [9.17, 15) is 9.59 Å². The molecule has 2 aromatic carbocycles. The second-order valence-electron chi connectivity index (χ2n) is 6.66. The predicted octanol–water partition coefficient (Wildman–Crippen LogP) is 3.48. The lowest BCUT2D eigenvalue weighted by molar-refractivity contribution is -0.116. The number of hydrogen-bond acceptors (Lipinski definition) is 3. The third kappa shape index (κ3) is 4.17. The number of aryl methyl sites for hydroxylation is 1. The number of benzene rings is 2. The van der Waals surface area contributed by atoms with E-state index in [2.05, 4.69) is 15.6 Å². The summed E-state index contributed by atoms with van der Waals surface area (Å²) in [5.41, 5.74) is 3.61. The van der Waals surface area contributed by atoms with Crippen LogP contribution in [-0.2, 0) is 11.2 Å². The molecule has 0 saturated carbocycles. The Balaban J connectivity index is 1.86. The highest BCUT2D eigenvalue weighted by Gasteiger charge is 2.18. The van der Waals surface area contributed by atoms with Crippen molar-refractivity contribution in [3.63, 3.8) is 0 Å². The molecule has 0 aliphatic carbocycles. The molecule has 0 saturated heterocycles. The molecule has 0 fully saturated rings.